The minimum absolute atomic E-state index is 0.597. The number of hydrogen-bond acceptors (Lipinski definition) is 3. The number of benzene rings is 3. The maximum absolute atomic E-state index is 6.30. The van der Waals surface area contributed by atoms with Crippen LogP contribution in [0, 0.1) is 0 Å². The second-order valence-electron chi connectivity index (χ2n) is 7.44. The molecule has 3 aromatic carbocycles. The Labute approximate surface area is 172 Å². The number of rotatable bonds is 8. The van der Waals surface area contributed by atoms with Crippen molar-refractivity contribution in [2.24, 2.45) is 0 Å². The number of anilines is 1. The second-order valence-corrected chi connectivity index (χ2v) is 7.44. The maximum Gasteiger partial charge on any atom is 0.201 e. The van der Waals surface area contributed by atoms with Gasteiger partial charge >= 0.3 is 0 Å². The normalized spacial score (nSPS) is 11.4. The van der Waals surface area contributed by atoms with Gasteiger partial charge in [-0.25, -0.2) is 4.98 Å². The van der Waals surface area contributed by atoms with Crippen LogP contribution in [0.15, 0.2) is 78.9 Å². The smallest absolute Gasteiger partial charge is 0.201 e. The summed E-state index contributed by atoms with van der Waals surface area (Å²) in [7, 11) is 0. The molecule has 148 valence electrons. The largest absolute Gasteiger partial charge is 0.369 e. The zero-order valence-corrected chi connectivity index (χ0v) is 17.0. The Morgan fingerprint density at radius 1 is 0.828 bits per heavy atom. The number of aryl methyl sites for hydroxylation is 1. The Morgan fingerprint density at radius 3 is 2.03 bits per heavy atom. The molecule has 0 saturated heterocycles. The van der Waals surface area contributed by atoms with E-state index < -0.39 is 0 Å². The first-order valence-corrected chi connectivity index (χ1v) is 10.3. The number of nitrogen functional groups attached to an aromatic ring is 1. The van der Waals surface area contributed by atoms with Crippen LogP contribution in [0.5, 0.6) is 0 Å². The fraction of sp³-hybridized carbons (Fsp3) is 0.240. The minimum atomic E-state index is 0.597. The molecule has 0 bridgehead atoms. The zero-order valence-electron chi connectivity index (χ0n) is 17.0. The first kappa shape index (κ1) is 19.2. The zero-order chi connectivity index (χ0) is 20.1. The standard InChI is InChI=1S/C25H28N4/c1-2-22-14-9-15-23-24(22)29(25(26)27-23)17-16-28(18-20-10-5-3-6-11-20)19-21-12-7-4-8-13-21/h3-15H,2,16-19H2,1H3,(H2,26,27). The molecule has 4 aromatic rings. The topological polar surface area (TPSA) is 47.1 Å². The summed E-state index contributed by atoms with van der Waals surface area (Å²) in [5.74, 6) is 0.597. The van der Waals surface area contributed by atoms with Crippen LogP contribution in [0.4, 0.5) is 5.95 Å². The van der Waals surface area contributed by atoms with Gasteiger partial charge in [-0.1, -0.05) is 79.7 Å². The number of para-hydroxylation sites is 1. The first-order chi connectivity index (χ1) is 14.2. The molecule has 2 N–H and O–H groups in total. The third-order valence-corrected chi connectivity index (χ3v) is 5.40. The summed E-state index contributed by atoms with van der Waals surface area (Å²) in [4.78, 5) is 7.07. The average Bonchev–Trinajstić information content (AvgIpc) is 3.08. The van der Waals surface area contributed by atoms with E-state index in [9.17, 15) is 0 Å². The van der Waals surface area contributed by atoms with E-state index in [4.69, 9.17) is 5.73 Å². The lowest BCUT2D eigenvalue weighted by atomic mass is 10.1. The number of nitrogens with zero attached hydrogens (tertiary/aromatic N) is 3. The highest BCUT2D eigenvalue weighted by Gasteiger charge is 2.13. The molecule has 0 spiro atoms. The van der Waals surface area contributed by atoms with Crippen molar-refractivity contribution in [3.8, 4) is 0 Å². The Bertz CT molecular complexity index is 1010. The quantitative estimate of drug-likeness (QED) is 0.471. The molecule has 0 aliphatic carbocycles. The molecule has 0 saturated carbocycles. The van der Waals surface area contributed by atoms with Crippen LogP contribution in [0.2, 0.25) is 0 Å². The van der Waals surface area contributed by atoms with Crippen LogP contribution in [0.3, 0.4) is 0 Å². The van der Waals surface area contributed by atoms with Gasteiger partial charge in [0.25, 0.3) is 0 Å². The molecule has 4 heteroatoms. The predicted molar refractivity (Wildman–Crippen MR) is 121 cm³/mol. The summed E-state index contributed by atoms with van der Waals surface area (Å²) in [5, 5.41) is 0. The van der Waals surface area contributed by atoms with Gasteiger partial charge in [0.15, 0.2) is 0 Å². The molecule has 0 radical (unpaired) electrons. The average molecular weight is 385 g/mol. The molecule has 1 aromatic heterocycles. The Kier molecular flexibility index (Phi) is 5.92. The van der Waals surface area contributed by atoms with Crippen molar-refractivity contribution in [1.29, 1.82) is 0 Å². The minimum Gasteiger partial charge on any atom is -0.369 e. The van der Waals surface area contributed by atoms with E-state index in [1.54, 1.807) is 0 Å². The van der Waals surface area contributed by atoms with Gasteiger partial charge in [0.05, 0.1) is 11.0 Å². The lowest BCUT2D eigenvalue weighted by Crippen LogP contribution is -2.27. The number of aromatic nitrogens is 2. The Balaban J connectivity index is 1.58. The van der Waals surface area contributed by atoms with Crippen LogP contribution >= 0.6 is 0 Å². The molecule has 0 amide bonds. The SMILES string of the molecule is CCc1cccc2nc(N)n(CCN(Cc3ccccc3)Cc3ccccc3)c12. The third-order valence-electron chi connectivity index (χ3n) is 5.40. The Morgan fingerprint density at radius 2 is 1.45 bits per heavy atom. The van der Waals surface area contributed by atoms with E-state index in [1.165, 1.54) is 22.2 Å². The van der Waals surface area contributed by atoms with Crippen molar-refractivity contribution in [3.05, 3.63) is 95.6 Å². The lowest BCUT2D eigenvalue weighted by Gasteiger charge is -2.23. The fourth-order valence-corrected chi connectivity index (χ4v) is 3.93. The molecule has 0 aliphatic heterocycles. The number of nitrogens with two attached hydrogens (primary N) is 1. The van der Waals surface area contributed by atoms with Gasteiger partial charge in [-0.05, 0) is 29.2 Å². The summed E-state index contributed by atoms with van der Waals surface area (Å²) in [6.45, 7) is 5.71. The molecule has 4 rings (SSSR count). The van der Waals surface area contributed by atoms with Crippen molar-refractivity contribution in [3.63, 3.8) is 0 Å². The summed E-state index contributed by atoms with van der Waals surface area (Å²) >= 11 is 0. The molecule has 0 atom stereocenters. The Hall–Kier alpha value is -3.11. The van der Waals surface area contributed by atoms with Gasteiger partial charge in [0.2, 0.25) is 5.95 Å². The van der Waals surface area contributed by atoms with Crippen LogP contribution in [0.25, 0.3) is 11.0 Å². The van der Waals surface area contributed by atoms with E-state index in [1.807, 2.05) is 6.07 Å². The van der Waals surface area contributed by atoms with E-state index in [2.05, 4.69) is 94.2 Å². The lowest BCUT2D eigenvalue weighted by molar-refractivity contribution is 0.247. The van der Waals surface area contributed by atoms with E-state index in [0.29, 0.717) is 5.95 Å². The summed E-state index contributed by atoms with van der Waals surface area (Å²) in [5.41, 5.74) is 12.4. The molecule has 0 unspecified atom stereocenters. The first-order valence-electron chi connectivity index (χ1n) is 10.3. The number of hydrogen-bond donors (Lipinski definition) is 1. The van der Waals surface area contributed by atoms with Crippen molar-refractivity contribution >= 4 is 17.0 Å². The maximum atomic E-state index is 6.30. The fourth-order valence-electron chi connectivity index (χ4n) is 3.93. The highest BCUT2D eigenvalue weighted by atomic mass is 15.2. The van der Waals surface area contributed by atoms with Crippen LogP contribution in [0.1, 0.15) is 23.6 Å². The molecule has 0 fully saturated rings. The van der Waals surface area contributed by atoms with Crippen molar-refractivity contribution in [2.45, 2.75) is 33.0 Å². The third kappa shape index (κ3) is 4.49. The van der Waals surface area contributed by atoms with Crippen LogP contribution < -0.4 is 5.73 Å². The van der Waals surface area contributed by atoms with Crippen molar-refractivity contribution in [1.82, 2.24) is 14.5 Å². The molecule has 0 aliphatic rings. The van der Waals surface area contributed by atoms with Gasteiger partial charge in [0.1, 0.15) is 0 Å². The number of fused-ring (bicyclic) bond motifs is 1. The monoisotopic (exact) mass is 384 g/mol. The van der Waals surface area contributed by atoms with Crippen molar-refractivity contribution < 1.29 is 0 Å². The highest BCUT2D eigenvalue weighted by Crippen LogP contribution is 2.23. The van der Waals surface area contributed by atoms with Gasteiger partial charge in [-0.15, -0.1) is 0 Å². The van der Waals surface area contributed by atoms with Crippen LogP contribution in [-0.4, -0.2) is 21.0 Å². The predicted octanol–water partition coefficient (Wildman–Crippen LogP) is 4.88. The molecular weight excluding hydrogens is 356 g/mol. The van der Waals surface area contributed by atoms with Crippen LogP contribution in [-0.2, 0) is 26.1 Å². The molecular formula is C25H28N4. The number of imidazole rings is 1. The van der Waals surface area contributed by atoms with Gasteiger partial charge in [-0.2, -0.15) is 0 Å². The van der Waals surface area contributed by atoms with E-state index in [0.717, 1.165) is 38.1 Å². The van der Waals surface area contributed by atoms with Crippen molar-refractivity contribution in [2.75, 3.05) is 12.3 Å². The van der Waals surface area contributed by atoms with Gasteiger partial charge < -0.3 is 10.3 Å². The summed E-state index contributed by atoms with van der Waals surface area (Å²) < 4.78 is 2.18. The summed E-state index contributed by atoms with van der Waals surface area (Å²) in [6.07, 6.45) is 0.972. The second kappa shape index (κ2) is 8.93. The molecule has 1 heterocycles. The molecule has 29 heavy (non-hydrogen) atoms. The van der Waals surface area contributed by atoms with E-state index >= 15 is 0 Å². The summed E-state index contributed by atoms with van der Waals surface area (Å²) in [6, 6.07) is 27.6. The van der Waals surface area contributed by atoms with Gasteiger partial charge in [0, 0.05) is 26.2 Å². The van der Waals surface area contributed by atoms with Gasteiger partial charge in [-0.3, -0.25) is 4.90 Å². The highest BCUT2D eigenvalue weighted by molar-refractivity contribution is 5.81. The molecule has 4 nitrogen and oxygen atoms in total. The van der Waals surface area contributed by atoms with E-state index in [-0.39, 0.29) is 0 Å².